The zero-order valence-electron chi connectivity index (χ0n) is 16.2. The molecule has 144 valence electrons. The van der Waals surface area contributed by atoms with E-state index in [1.165, 1.54) is 22.5 Å². The van der Waals surface area contributed by atoms with Crippen LogP contribution in [0.15, 0.2) is 42.5 Å². The zero-order valence-corrected chi connectivity index (χ0v) is 17.0. The minimum Gasteiger partial charge on any atom is -0.493 e. The zero-order chi connectivity index (χ0) is 19.7. The minimum atomic E-state index is 0.0521. The highest BCUT2D eigenvalue weighted by atomic mass is 32.1. The Morgan fingerprint density at radius 2 is 1.82 bits per heavy atom. The number of aryl methyl sites for hydroxylation is 1. The van der Waals surface area contributed by atoms with Gasteiger partial charge in [0.2, 0.25) is 0 Å². The Morgan fingerprint density at radius 3 is 2.57 bits per heavy atom. The third-order valence-electron chi connectivity index (χ3n) is 5.04. The summed E-state index contributed by atoms with van der Waals surface area (Å²) in [5.41, 5.74) is 4.23. The number of fused-ring (bicyclic) bond motifs is 1. The van der Waals surface area contributed by atoms with Crippen LogP contribution >= 0.6 is 11.3 Å². The van der Waals surface area contributed by atoms with Crippen molar-refractivity contribution in [3.8, 4) is 22.1 Å². The molecule has 0 spiro atoms. The predicted octanol–water partition coefficient (Wildman–Crippen LogP) is 4.33. The number of benzene rings is 2. The van der Waals surface area contributed by atoms with Gasteiger partial charge in [-0.3, -0.25) is 4.79 Å². The molecule has 1 amide bonds. The van der Waals surface area contributed by atoms with Gasteiger partial charge in [0, 0.05) is 18.7 Å². The van der Waals surface area contributed by atoms with Crippen molar-refractivity contribution in [3.63, 3.8) is 0 Å². The van der Waals surface area contributed by atoms with Gasteiger partial charge in [0.15, 0.2) is 11.5 Å². The van der Waals surface area contributed by atoms with Crippen molar-refractivity contribution >= 4 is 17.2 Å². The average molecular weight is 394 g/mol. The molecule has 2 aromatic carbocycles. The Hall–Kier alpha value is -2.86. The van der Waals surface area contributed by atoms with Gasteiger partial charge < -0.3 is 14.4 Å². The molecule has 6 heteroatoms. The topological polar surface area (TPSA) is 51.7 Å². The van der Waals surface area contributed by atoms with Gasteiger partial charge in [-0.2, -0.15) is 0 Å². The van der Waals surface area contributed by atoms with Gasteiger partial charge in [0.1, 0.15) is 9.88 Å². The first kappa shape index (κ1) is 18.5. The number of aromatic nitrogens is 1. The van der Waals surface area contributed by atoms with Crippen LogP contribution in [-0.2, 0) is 13.0 Å². The van der Waals surface area contributed by atoms with E-state index in [0.29, 0.717) is 22.9 Å². The molecule has 0 fully saturated rings. The number of rotatable bonds is 4. The van der Waals surface area contributed by atoms with Crippen molar-refractivity contribution in [2.75, 3.05) is 20.8 Å². The summed E-state index contributed by atoms with van der Waals surface area (Å²) in [4.78, 5) is 20.4. The van der Waals surface area contributed by atoms with Crippen molar-refractivity contribution in [2.45, 2.75) is 19.9 Å². The smallest absolute Gasteiger partial charge is 0.266 e. The molecule has 0 aliphatic carbocycles. The lowest BCUT2D eigenvalue weighted by Crippen LogP contribution is -2.35. The fourth-order valence-corrected chi connectivity index (χ4v) is 4.53. The average Bonchev–Trinajstić information content (AvgIpc) is 3.13. The van der Waals surface area contributed by atoms with Crippen LogP contribution in [0, 0.1) is 6.92 Å². The highest BCUT2D eigenvalue weighted by molar-refractivity contribution is 7.17. The Labute approximate surface area is 168 Å². The second-order valence-corrected chi connectivity index (χ2v) is 7.75. The van der Waals surface area contributed by atoms with Gasteiger partial charge in [-0.25, -0.2) is 4.98 Å². The highest BCUT2D eigenvalue weighted by Gasteiger charge is 2.25. The Kier molecular flexibility index (Phi) is 5.05. The van der Waals surface area contributed by atoms with E-state index in [2.05, 4.69) is 23.2 Å². The molecular weight excluding hydrogens is 372 g/mol. The molecular formula is C22H22N2O3S. The quantitative estimate of drug-likeness (QED) is 0.661. The molecule has 1 aromatic heterocycles. The molecule has 0 radical (unpaired) electrons. The van der Waals surface area contributed by atoms with Crippen molar-refractivity contribution in [3.05, 3.63) is 64.2 Å². The number of carbonyl (C=O) groups is 1. The van der Waals surface area contributed by atoms with Crippen LogP contribution in [0.4, 0.5) is 0 Å². The molecule has 2 heterocycles. The van der Waals surface area contributed by atoms with E-state index < -0.39 is 0 Å². The molecule has 0 unspecified atom stereocenters. The van der Waals surface area contributed by atoms with E-state index in [-0.39, 0.29) is 5.91 Å². The van der Waals surface area contributed by atoms with Crippen LogP contribution in [0.1, 0.15) is 26.5 Å². The largest absolute Gasteiger partial charge is 0.493 e. The lowest BCUT2D eigenvalue weighted by molar-refractivity contribution is 0.0738. The molecule has 0 saturated heterocycles. The minimum absolute atomic E-state index is 0.0521. The summed E-state index contributed by atoms with van der Waals surface area (Å²) in [6.07, 6.45) is 0.891. The first-order valence-electron chi connectivity index (χ1n) is 9.16. The van der Waals surface area contributed by atoms with Crippen LogP contribution < -0.4 is 9.47 Å². The summed E-state index contributed by atoms with van der Waals surface area (Å²) in [5.74, 6) is 1.37. The van der Waals surface area contributed by atoms with Crippen LogP contribution in [0.5, 0.6) is 11.5 Å². The first-order valence-corrected chi connectivity index (χ1v) is 9.98. The predicted molar refractivity (Wildman–Crippen MR) is 110 cm³/mol. The van der Waals surface area contributed by atoms with Gasteiger partial charge in [-0.15, -0.1) is 11.3 Å². The van der Waals surface area contributed by atoms with E-state index >= 15 is 0 Å². The van der Waals surface area contributed by atoms with Crippen LogP contribution in [0.25, 0.3) is 10.6 Å². The monoisotopic (exact) mass is 394 g/mol. The fourth-order valence-electron chi connectivity index (χ4n) is 3.50. The maximum atomic E-state index is 13.2. The van der Waals surface area contributed by atoms with Gasteiger partial charge in [-0.05, 0) is 42.7 Å². The van der Waals surface area contributed by atoms with E-state index in [0.717, 1.165) is 29.2 Å². The van der Waals surface area contributed by atoms with E-state index in [9.17, 15) is 4.79 Å². The molecule has 0 bridgehead atoms. The van der Waals surface area contributed by atoms with Gasteiger partial charge in [0.25, 0.3) is 5.91 Å². The van der Waals surface area contributed by atoms with E-state index in [1.807, 2.05) is 36.1 Å². The second-order valence-electron chi connectivity index (χ2n) is 6.75. The summed E-state index contributed by atoms with van der Waals surface area (Å²) < 4.78 is 10.7. The number of amides is 1. The molecule has 4 rings (SSSR count). The molecule has 0 saturated carbocycles. The number of thiazole rings is 1. The van der Waals surface area contributed by atoms with Crippen LogP contribution in [0.2, 0.25) is 0 Å². The molecule has 0 N–H and O–H groups in total. The van der Waals surface area contributed by atoms with Crippen molar-refractivity contribution in [1.29, 1.82) is 0 Å². The third-order valence-corrected chi connectivity index (χ3v) is 6.23. The van der Waals surface area contributed by atoms with Gasteiger partial charge in [-0.1, -0.05) is 24.3 Å². The number of carbonyl (C=O) groups excluding carboxylic acids is 1. The van der Waals surface area contributed by atoms with Crippen LogP contribution in [0.3, 0.4) is 0 Å². The number of nitrogens with zero attached hydrogens (tertiary/aromatic N) is 2. The summed E-state index contributed by atoms with van der Waals surface area (Å²) in [6, 6.07) is 14.0. The molecule has 5 nitrogen and oxygen atoms in total. The second kappa shape index (κ2) is 7.64. The lowest BCUT2D eigenvalue weighted by atomic mass is 10.00. The number of methoxy groups -OCH3 is 2. The summed E-state index contributed by atoms with van der Waals surface area (Å²) in [5, 5.41) is 0.805. The normalized spacial score (nSPS) is 13.2. The summed E-state index contributed by atoms with van der Waals surface area (Å²) in [7, 11) is 3.22. The Bertz CT molecular complexity index is 1030. The number of ether oxygens (including phenoxy) is 2. The van der Waals surface area contributed by atoms with Crippen molar-refractivity contribution in [2.24, 2.45) is 0 Å². The molecule has 1 aliphatic heterocycles. The SMILES string of the molecule is COc1ccc(-c2nc(C)c(C(=O)N3CCc4ccccc4C3)s2)cc1OC. The lowest BCUT2D eigenvalue weighted by Gasteiger charge is -2.28. The number of hydrogen-bond donors (Lipinski definition) is 0. The van der Waals surface area contributed by atoms with Gasteiger partial charge in [0.05, 0.1) is 19.9 Å². The highest BCUT2D eigenvalue weighted by Crippen LogP contribution is 2.35. The fraction of sp³-hybridized carbons (Fsp3) is 0.273. The Balaban J connectivity index is 1.61. The maximum absolute atomic E-state index is 13.2. The first-order chi connectivity index (χ1) is 13.6. The summed E-state index contributed by atoms with van der Waals surface area (Å²) >= 11 is 1.43. The van der Waals surface area contributed by atoms with E-state index in [4.69, 9.17) is 9.47 Å². The molecule has 3 aromatic rings. The van der Waals surface area contributed by atoms with E-state index in [1.54, 1.807) is 14.2 Å². The maximum Gasteiger partial charge on any atom is 0.266 e. The Morgan fingerprint density at radius 1 is 1.07 bits per heavy atom. The molecule has 1 aliphatic rings. The van der Waals surface area contributed by atoms with Crippen LogP contribution in [-0.4, -0.2) is 36.6 Å². The third kappa shape index (κ3) is 3.36. The molecule has 0 atom stereocenters. The molecule has 28 heavy (non-hydrogen) atoms. The summed E-state index contributed by atoms with van der Waals surface area (Å²) in [6.45, 7) is 3.28. The number of hydrogen-bond acceptors (Lipinski definition) is 5. The van der Waals surface area contributed by atoms with Crippen molar-refractivity contribution < 1.29 is 14.3 Å². The van der Waals surface area contributed by atoms with Crippen molar-refractivity contribution in [1.82, 2.24) is 9.88 Å². The van der Waals surface area contributed by atoms with Gasteiger partial charge >= 0.3 is 0 Å². The standard InChI is InChI=1S/C22H22N2O3S/c1-14-20(22(25)24-11-10-15-6-4-5-7-17(15)13-24)28-21(23-14)16-8-9-18(26-2)19(12-16)27-3/h4-9,12H,10-11,13H2,1-3H3.